The summed E-state index contributed by atoms with van der Waals surface area (Å²) in [6.07, 6.45) is 9.09. The second-order valence-electron chi connectivity index (χ2n) is 4.72. The Morgan fingerprint density at radius 2 is 2.06 bits per heavy atom. The summed E-state index contributed by atoms with van der Waals surface area (Å²) in [4.78, 5) is 0. The predicted octanol–water partition coefficient (Wildman–Crippen LogP) is 3.08. The highest BCUT2D eigenvalue weighted by Crippen LogP contribution is 2.26. The SMILES string of the molecule is CCCCCC(C)(O)c1cnn(CCC)c1. The summed E-state index contributed by atoms with van der Waals surface area (Å²) < 4.78 is 1.91. The van der Waals surface area contributed by atoms with Gasteiger partial charge in [0.2, 0.25) is 0 Å². The lowest BCUT2D eigenvalue weighted by Crippen LogP contribution is -2.20. The maximum atomic E-state index is 10.3. The second-order valence-corrected chi connectivity index (χ2v) is 4.72. The maximum absolute atomic E-state index is 10.3. The quantitative estimate of drug-likeness (QED) is 0.723. The Hall–Kier alpha value is -0.830. The van der Waals surface area contributed by atoms with Gasteiger partial charge >= 0.3 is 0 Å². The van der Waals surface area contributed by atoms with Crippen molar-refractivity contribution in [2.24, 2.45) is 0 Å². The molecule has 0 radical (unpaired) electrons. The first-order chi connectivity index (χ1) is 7.60. The van der Waals surface area contributed by atoms with Crippen LogP contribution in [0.1, 0.15) is 58.4 Å². The molecular weight excluding hydrogens is 200 g/mol. The van der Waals surface area contributed by atoms with Crippen LogP contribution in [0.3, 0.4) is 0 Å². The van der Waals surface area contributed by atoms with Gasteiger partial charge in [0.1, 0.15) is 0 Å². The van der Waals surface area contributed by atoms with E-state index in [9.17, 15) is 5.11 Å². The number of hydrogen-bond donors (Lipinski definition) is 1. The zero-order valence-electron chi connectivity index (χ0n) is 10.7. The van der Waals surface area contributed by atoms with Gasteiger partial charge in [0.15, 0.2) is 0 Å². The van der Waals surface area contributed by atoms with Gasteiger partial charge in [-0.15, -0.1) is 0 Å². The summed E-state index contributed by atoms with van der Waals surface area (Å²) in [5.74, 6) is 0. The first-order valence-electron chi connectivity index (χ1n) is 6.35. The first kappa shape index (κ1) is 13.2. The van der Waals surface area contributed by atoms with Gasteiger partial charge in [0.05, 0.1) is 11.8 Å². The van der Waals surface area contributed by atoms with Crippen molar-refractivity contribution in [3.05, 3.63) is 18.0 Å². The van der Waals surface area contributed by atoms with Gasteiger partial charge in [-0.3, -0.25) is 4.68 Å². The molecule has 3 heteroatoms. The van der Waals surface area contributed by atoms with E-state index in [-0.39, 0.29) is 0 Å². The Labute approximate surface area is 98.5 Å². The van der Waals surface area contributed by atoms with Crippen molar-refractivity contribution in [2.45, 2.75) is 65.0 Å². The van der Waals surface area contributed by atoms with Crippen LogP contribution in [0.15, 0.2) is 12.4 Å². The average molecular weight is 224 g/mol. The van der Waals surface area contributed by atoms with Gasteiger partial charge in [-0.25, -0.2) is 0 Å². The molecule has 3 nitrogen and oxygen atoms in total. The van der Waals surface area contributed by atoms with E-state index in [1.54, 1.807) is 6.20 Å². The fourth-order valence-electron chi connectivity index (χ4n) is 1.86. The van der Waals surface area contributed by atoms with Crippen LogP contribution in [0, 0.1) is 0 Å². The topological polar surface area (TPSA) is 38.1 Å². The molecule has 0 aliphatic carbocycles. The number of hydrogen-bond acceptors (Lipinski definition) is 2. The fraction of sp³-hybridized carbons (Fsp3) is 0.769. The Morgan fingerprint density at radius 1 is 1.31 bits per heavy atom. The van der Waals surface area contributed by atoms with Crippen molar-refractivity contribution >= 4 is 0 Å². The second kappa shape index (κ2) is 6.04. The molecule has 0 bridgehead atoms. The molecule has 1 unspecified atom stereocenters. The van der Waals surface area contributed by atoms with Crippen LogP contribution < -0.4 is 0 Å². The minimum absolute atomic E-state index is 0.721. The molecule has 0 amide bonds. The van der Waals surface area contributed by atoms with Crippen LogP contribution in [0.2, 0.25) is 0 Å². The molecule has 1 atom stereocenters. The zero-order chi connectivity index (χ0) is 12.0. The molecule has 16 heavy (non-hydrogen) atoms. The average Bonchev–Trinajstić information content (AvgIpc) is 2.68. The Bertz CT molecular complexity index is 305. The molecule has 1 N–H and O–H groups in total. The molecule has 1 rings (SSSR count). The molecule has 92 valence electrons. The standard InChI is InChI=1S/C13H24N2O/c1-4-6-7-8-13(3,16)12-10-14-15(11-12)9-5-2/h10-11,16H,4-9H2,1-3H3. The van der Waals surface area contributed by atoms with E-state index < -0.39 is 5.60 Å². The molecule has 1 heterocycles. The molecule has 0 saturated carbocycles. The van der Waals surface area contributed by atoms with Crippen molar-refractivity contribution in [3.63, 3.8) is 0 Å². The van der Waals surface area contributed by atoms with Crippen molar-refractivity contribution in [1.29, 1.82) is 0 Å². The first-order valence-corrected chi connectivity index (χ1v) is 6.35. The fourth-order valence-corrected chi connectivity index (χ4v) is 1.86. The normalized spacial score (nSPS) is 15.0. The summed E-state index contributed by atoms with van der Waals surface area (Å²) >= 11 is 0. The van der Waals surface area contributed by atoms with Crippen molar-refractivity contribution in [3.8, 4) is 0 Å². The predicted molar refractivity (Wildman–Crippen MR) is 66.2 cm³/mol. The summed E-state index contributed by atoms with van der Waals surface area (Å²) in [7, 11) is 0. The maximum Gasteiger partial charge on any atom is 0.0898 e. The third-order valence-corrected chi connectivity index (χ3v) is 2.97. The van der Waals surface area contributed by atoms with Crippen LogP contribution in [-0.2, 0) is 12.1 Å². The molecule has 0 saturated heterocycles. The number of aliphatic hydroxyl groups is 1. The Kier molecular flexibility index (Phi) is 5.00. The van der Waals surface area contributed by atoms with Gasteiger partial charge in [-0.05, 0) is 19.8 Å². The smallest absolute Gasteiger partial charge is 0.0898 e. The Balaban J connectivity index is 2.58. The lowest BCUT2D eigenvalue weighted by atomic mass is 9.93. The molecule has 1 aromatic heterocycles. The van der Waals surface area contributed by atoms with Gasteiger partial charge in [-0.1, -0.05) is 33.1 Å². The van der Waals surface area contributed by atoms with E-state index in [4.69, 9.17) is 0 Å². The van der Waals surface area contributed by atoms with Crippen LogP contribution in [0.5, 0.6) is 0 Å². The lowest BCUT2D eigenvalue weighted by molar-refractivity contribution is 0.0449. The number of nitrogens with zero attached hydrogens (tertiary/aromatic N) is 2. The monoisotopic (exact) mass is 224 g/mol. The third kappa shape index (κ3) is 3.63. The molecule has 1 aromatic rings. The van der Waals surface area contributed by atoms with Gasteiger partial charge in [-0.2, -0.15) is 5.10 Å². The number of aromatic nitrogens is 2. The van der Waals surface area contributed by atoms with E-state index in [1.807, 2.05) is 17.8 Å². The van der Waals surface area contributed by atoms with Gasteiger partial charge in [0.25, 0.3) is 0 Å². The molecule has 0 aliphatic rings. The largest absolute Gasteiger partial charge is 0.385 e. The minimum Gasteiger partial charge on any atom is -0.385 e. The van der Waals surface area contributed by atoms with Crippen molar-refractivity contribution in [1.82, 2.24) is 9.78 Å². The minimum atomic E-state index is -0.721. The summed E-state index contributed by atoms with van der Waals surface area (Å²) in [5, 5.41) is 14.6. The molecule has 0 fully saturated rings. The third-order valence-electron chi connectivity index (χ3n) is 2.97. The van der Waals surface area contributed by atoms with E-state index >= 15 is 0 Å². The van der Waals surface area contributed by atoms with Gasteiger partial charge in [0, 0.05) is 18.3 Å². The van der Waals surface area contributed by atoms with Crippen molar-refractivity contribution < 1.29 is 5.11 Å². The summed E-state index contributed by atoms with van der Waals surface area (Å²) in [6.45, 7) is 7.11. The van der Waals surface area contributed by atoms with E-state index in [2.05, 4.69) is 18.9 Å². The number of rotatable bonds is 7. The highest BCUT2D eigenvalue weighted by Gasteiger charge is 2.23. The van der Waals surface area contributed by atoms with E-state index in [0.717, 1.165) is 31.4 Å². The highest BCUT2D eigenvalue weighted by molar-refractivity contribution is 5.13. The molecule has 0 aliphatic heterocycles. The van der Waals surface area contributed by atoms with Crippen molar-refractivity contribution in [2.75, 3.05) is 0 Å². The van der Waals surface area contributed by atoms with Crippen LogP contribution in [-0.4, -0.2) is 14.9 Å². The molecular formula is C13H24N2O. The highest BCUT2D eigenvalue weighted by atomic mass is 16.3. The van der Waals surface area contributed by atoms with E-state index in [1.165, 1.54) is 12.8 Å². The summed E-state index contributed by atoms with van der Waals surface area (Å²) in [6, 6.07) is 0. The molecule has 0 aromatic carbocycles. The molecule has 0 spiro atoms. The van der Waals surface area contributed by atoms with Crippen LogP contribution in [0.25, 0.3) is 0 Å². The van der Waals surface area contributed by atoms with E-state index in [0.29, 0.717) is 0 Å². The van der Waals surface area contributed by atoms with Crippen LogP contribution in [0.4, 0.5) is 0 Å². The number of aryl methyl sites for hydroxylation is 1. The van der Waals surface area contributed by atoms with Crippen LogP contribution >= 0.6 is 0 Å². The zero-order valence-corrected chi connectivity index (χ0v) is 10.7. The Morgan fingerprint density at radius 3 is 2.69 bits per heavy atom. The number of unbranched alkanes of at least 4 members (excludes halogenated alkanes) is 2. The lowest BCUT2D eigenvalue weighted by Gasteiger charge is -2.21. The summed E-state index contributed by atoms with van der Waals surface area (Å²) in [5.41, 5.74) is 0.221. The van der Waals surface area contributed by atoms with Gasteiger partial charge < -0.3 is 5.11 Å².